The molecule has 1 saturated carbocycles. The van der Waals surface area contributed by atoms with Crippen molar-refractivity contribution >= 4 is 14.3 Å². The van der Waals surface area contributed by atoms with Gasteiger partial charge in [-0.05, 0) is 74.0 Å². The zero-order valence-electron chi connectivity index (χ0n) is 22.4. The molecule has 0 amide bonds. The lowest BCUT2D eigenvalue weighted by atomic mass is 9.69. The van der Waals surface area contributed by atoms with Gasteiger partial charge in [-0.2, -0.15) is 0 Å². The monoisotopic (exact) mass is 489 g/mol. The minimum absolute atomic E-state index is 0.0471. The first-order chi connectivity index (χ1) is 15.9. The molecule has 0 unspecified atom stereocenters. The van der Waals surface area contributed by atoms with Gasteiger partial charge >= 0.3 is 5.97 Å². The Bertz CT molecular complexity index is 922. The van der Waals surface area contributed by atoms with E-state index in [9.17, 15) is 4.79 Å². The zero-order valence-corrected chi connectivity index (χ0v) is 23.4. The summed E-state index contributed by atoms with van der Waals surface area (Å²) in [7, 11) is 1.35. The van der Waals surface area contributed by atoms with Crippen molar-refractivity contribution in [2.45, 2.75) is 83.2 Å². The number of hydrogen-bond donors (Lipinski definition) is 0. The maximum absolute atomic E-state index is 12.6. The lowest BCUT2D eigenvalue weighted by molar-refractivity contribution is -0.147. The summed E-state index contributed by atoms with van der Waals surface area (Å²) < 4.78 is 23.6. The number of benzene rings is 1. The zero-order chi connectivity index (χ0) is 25.3. The Morgan fingerprint density at radius 1 is 1.21 bits per heavy atom. The van der Waals surface area contributed by atoms with E-state index < -0.39 is 13.9 Å². The molecule has 1 spiro atoms. The molecule has 0 radical (unpaired) electrons. The maximum atomic E-state index is 12.6. The second kappa shape index (κ2) is 10.0. The first-order valence-corrected chi connectivity index (χ1v) is 15.3. The van der Waals surface area contributed by atoms with Gasteiger partial charge in [-0.3, -0.25) is 9.69 Å². The van der Waals surface area contributed by atoms with Crippen molar-refractivity contribution in [2.24, 2.45) is 0 Å². The first kappa shape index (κ1) is 26.8. The van der Waals surface area contributed by atoms with Gasteiger partial charge < -0.3 is 18.6 Å². The molecule has 6 nitrogen and oxygen atoms in total. The maximum Gasteiger partial charge on any atom is 0.320 e. The summed E-state index contributed by atoms with van der Waals surface area (Å²) in [6, 6.07) is 4.20. The van der Waals surface area contributed by atoms with Crippen molar-refractivity contribution in [3.05, 3.63) is 35.4 Å². The van der Waals surface area contributed by atoms with E-state index in [1.54, 1.807) is 14.2 Å². The molecule has 0 saturated heterocycles. The number of rotatable bonds is 7. The predicted octanol–water partition coefficient (Wildman–Crippen LogP) is 5.45. The van der Waals surface area contributed by atoms with Gasteiger partial charge in [0.05, 0.1) is 39.0 Å². The lowest BCUT2D eigenvalue weighted by Gasteiger charge is -2.53. The largest absolute Gasteiger partial charge is 0.493 e. The quantitative estimate of drug-likeness (QED) is 0.288. The third-order valence-electron chi connectivity index (χ3n) is 7.88. The van der Waals surface area contributed by atoms with Crippen molar-refractivity contribution in [2.75, 3.05) is 33.9 Å². The van der Waals surface area contributed by atoms with Crippen LogP contribution < -0.4 is 9.47 Å². The molecule has 1 heterocycles. The van der Waals surface area contributed by atoms with Crippen LogP contribution in [-0.4, -0.2) is 59.2 Å². The van der Waals surface area contributed by atoms with Crippen LogP contribution in [0.3, 0.4) is 0 Å². The molecule has 3 rings (SSSR count). The summed E-state index contributed by atoms with van der Waals surface area (Å²) in [5.41, 5.74) is 3.18. The number of ether oxygens (including phenoxy) is 3. The molecule has 0 bridgehead atoms. The highest BCUT2D eigenvalue weighted by Gasteiger charge is 2.50. The molecular weight excluding hydrogens is 446 g/mol. The van der Waals surface area contributed by atoms with Crippen molar-refractivity contribution < 1.29 is 23.4 Å². The van der Waals surface area contributed by atoms with Gasteiger partial charge in [-0.1, -0.05) is 32.9 Å². The summed E-state index contributed by atoms with van der Waals surface area (Å²) in [5, 5.41) is 0.116. The second-order valence-corrected chi connectivity index (χ2v) is 16.0. The van der Waals surface area contributed by atoms with E-state index in [2.05, 4.69) is 57.5 Å². The average Bonchev–Trinajstić information content (AvgIpc) is 2.73. The topological polar surface area (TPSA) is 57.2 Å². The molecule has 0 aromatic heterocycles. The van der Waals surface area contributed by atoms with E-state index in [4.69, 9.17) is 18.6 Å². The standard InChI is InChI=1S/C27H43NO5Si/c1-10-32-25(29)18-28-12-11-20-14-23(30-6)24(31-7)15-22(20)27(28)16-19(2)13-21(17-27)33-34(8,9)26(3,4)5/h14-15,21H,2,10-13,16-18H2,1,3-9H3/t21-,27+/m0/s1. The Morgan fingerprint density at radius 2 is 1.85 bits per heavy atom. The molecule has 0 N–H and O–H groups in total. The fraction of sp³-hybridized carbons (Fsp3) is 0.667. The predicted molar refractivity (Wildman–Crippen MR) is 138 cm³/mol. The van der Waals surface area contributed by atoms with E-state index in [1.807, 2.05) is 6.92 Å². The molecule has 190 valence electrons. The van der Waals surface area contributed by atoms with Crippen LogP contribution in [0.15, 0.2) is 24.3 Å². The van der Waals surface area contributed by atoms with Gasteiger partial charge in [-0.15, -0.1) is 0 Å². The number of esters is 1. The van der Waals surface area contributed by atoms with Crippen LogP contribution in [-0.2, 0) is 25.9 Å². The number of nitrogens with zero attached hydrogens (tertiary/aromatic N) is 1. The Kier molecular flexibility index (Phi) is 7.90. The van der Waals surface area contributed by atoms with Gasteiger partial charge in [0, 0.05) is 6.54 Å². The van der Waals surface area contributed by atoms with Crippen molar-refractivity contribution in [1.82, 2.24) is 4.90 Å². The fourth-order valence-corrected chi connectivity index (χ4v) is 6.60. The molecule has 1 fully saturated rings. The van der Waals surface area contributed by atoms with E-state index in [0.717, 1.165) is 43.6 Å². The smallest absolute Gasteiger partial charge is 0.320 e. The third-order valence-corrected chi connectivity index (χ3v) is 12.4. The molecular formula is C27H43NO5Si. The number of carbonyl (C=O) groups excluding carboxylic acids is 1. The molecule has 1 aliphatic carbocycles. The lowest BCUT2D eigenvalue weighted by Crippen LogP contribution is -2.57. The van der Waals surface area contributed by atoms with Crippen LogP contribution in [0.25, 0.3) is 0 Å². The van der Waals surface area contributed by atoms with Crippen LogP contribution >= 0.6 is 0 Å². The summed E-state index contributed by atoms with van der Waals surface area (Å²) in [4.78, 5) is 14.9. The van der Waals surface area contributed by atoms with Gasteiger partial charge in [-0.25, -0.2) is 0 Å². The number of fused-ring (bicyclic) bond motifs is 2. The van der Waals surface area contributed by atoms with Crippen LogP contribution in [0.5, 0.6) is 11.5 Å². The van der Waals surface area contributed by atoms with Gasteiger partial charge in [0.1, 0.15) is 0 Å². The van der Waals surface area contributed by atoms with Gasteiger partial charge in [0.25, 0.3) is 0 Å². The van der Waals surface area contributed by atoms with Crippen molar-refractivity contribution in [3.8, 4) is 11.5 Å². The SMILES string of the molecule is C=C1C[C@H](O[Si](C)(C)C(C)(C)C)C[C@]2(C1)c1cc(OC)c(OC)cc1CCN2CC(=O)OCC. The molecule has 2 atom stereocenters. The van der Waals surface area contributed by atoms with Gasteiger partial charge in [0.15, 0.2) is 19.8 Å². The molecule has 2 aliphatic rings. The van der Waals surface area contributed by atoms with Crippen LogP contribution in [0.4, 0.5) is 0 Å². The third kappa shape index (κ3) is 5.21. The van der Waals surface area contributed by atoms with E-state index in [-0.39, 0.29) is 23.7 Å². The Hall–Kier alpha value is -1.83. The molecule has 1 aliphatic heterocycles. The minimum Gasteiger partial charge on any atom is -0.493 e. The Balaban J connectivity index is 2.09. The average molecular weight is 490 g/mol. The number of methoxy groups -OCH3 is 2. The number of carbonyl (C=O) groups is 1. The second-order valence-electron chi connectivity index (χ2n) is 11.2. The summed E-state index contributed by atoms with van der Waals surface area (Å²) in [5.74, 6) is 1.25. The first-order valence-electron chi connectivity index (χ1n) is 12.4. The minimum atomic E-state index is -1.99. The molecule has 7 heteroatoms. The van der Waals surface area contributed by atoms with Crippen LogP contribution in [0.2, 0.25) is 18.1 Å². The summed E-state index contributed by atoms with van der Waals surface area (Å²) in [6.07, 6.45) is 3.32. The summed E-state index contributed by atoms with van der Waals surface area (Å²) in [6.45, 7) is 19.1. The van der Waals surface area contributed by atoms with Crippen LogP contribution in [0, 0.1) is 0 Å². The van der Waals surface area contributed by atoms with E-state index in [0.29, 0.717) is 12.4 Å². The normalized spacial score (nSPS) is 23.5. The van der Waals surface area contributed by atoms with Gasteiger partial charge in [0.2, 0.25) is 0 Å². The van der Waals surface area contributed by atoms with Crippen LogP contribution in [0.1, 0.15) is 58.1 Å². The summed E-state index contributed by atoms with van der Waals surface area (Å²) >= 11 is 0. The van der Waals surface area contributed by atoms with Crippen molar-refractivity contribution in [1.29, 1.82) is 0 Å². The van der Waals surface area contributed by atoms with E-state index in [1.165, 1.54) is 11.1 Å². The highest BCUT2D eigenvalue weighted by Crippen LogP contribution is 2.51. The Morgan fingerprint density at radius 3 is 2.44 bits per heavy atom. The highest BCUT2D eigenvalue weighted by atomic mass is 28.4. The molecule has 34 heavy (non-hydrogen) atoms. The molecule has 1 aromatic rings. The van der Waals surface area contributed by atoms with E-state index >= 15 is 0 Å². The fourth-order valence-electron chi connectivity index (χ4n) is 5.25. The highest BCUT2D eigenvalue weighted by molar-refractivity contribution is 6.74. The molecule has 1 aromatic carbocycles. The van der Waals surface area contributed by atoms with Crippen molar-refractivity contribution in [3.63, 3.8) is 0 Å². The Labute approximate surface area is 206 Å². The number of hydrogen-bond acceptors (Lipinski definition) is 6.